The lowest BCUT2D eigenvalue weighted by molar-refractivity contribution is -0.148. The van der Waals surface area contributed by atoms with E-state index in [0.29, 0.717) is 5.57 Å². The first-order valence-electron chi connectivity index (χ1n) is 8.52. The van der Waals surface area contributed by atoms with Crippen LogP contribution in [0.2, 0.25) is 0 Å². The summed E-state index contributed by atoms with van der Waals surface area (Å²) < 4.78 is 11.0. The molecule has 6 nitrogen and oxygen atoms in total. The molecule has 0 saturated carbocycles. The van der Waals surface area contributed by atoms with Crippen LogP contribution in [0.1, 0.15) is 33.6 Å². The van der Waals surface area contributed by atoms with Gasteiger partial charge in [-0.2, -0.15) is 0 Å². The van der Waals surface area contributed by atoms with E-state index in [-0.39, 0.29) is 42.8 Å². The third-order valence-electron chi connectivity index (χ3n) is 5.00. The highest BCUT2D eigenvalue weighted by molar-refractivity contribution is 5.88. The molecule has 0 aliphatic carbocycles. The molecule has 1 N–H and O–H groups in total. The van der Waals surface area contributed by atoms with E-state index in [1.54, 1.807) is 26.0 Å². The molecular formula is C18H27NO5. The molecular weight excluding hydrogens is 310 g/mol. The first-order valence-corrected chi connectivity index (χ1v) is 8.52. The van der Waals surface area contributed by atoms with Crippen molar-refractivity contribution >= 4 is 11.9 Å². The molecule has 0 amide bonds. The number of hydrogen-bond donors (Lipinski definition) is 1. The molecule has 2 saturated heterocycles. The number of allylic oxidation sites excluding steroid dienone is 2. The van der Waals surface area contributed by atoms with Crippen molar-refractivity contribution in [2.75, 3.05) is 26.3 Å². The number of aliphatic hydroxyl groups excluding tert-OH is 1. The van der Waals surface area contributed by atoms with Crippen molar-refractivity contribution in [2.24, 2.45) is 5.92 Å². The molecule has 6 heteroatoms. The number of ether oxygens (including phenoxy) is 2. The Bertz CT molecular complexity index is 540. The van der Waals surface area contributed by atoms with Gasteiger partial charge in [0, 0.05) is 18.0 Å². The predicted molar refractivity (Wildman–Crippen MR) is 89.2 cm³/mol. The fraction of sp³-hybridized carbons (Fsp3) is 0.667. The van der Waals surface area contributed by atoms with Gasteiger partial charge in [0.2, 0.25) is 0 Å². The van der Waals surface area contributed by atoms with Gasteiger partial charge in [0.1, 0.15) is 6.10 Å². The maximum Gasteiger partial charge on any atom is 0.336 e. The van der Waals surface area contributed by atoms with Crippen molar-refractivity contribution in [3.8, 4) is 0 Å². The first-order chi connectivity index (χ1) is 11.5. The van der Waals surface area contributed by atoms with Gasteiger partial charge in [0.15, 0.2) is 0 Å². The van der Waals surface area contributed by atoms with Crippen molar-refractivity contribution in [2.45, 2.75) is 45.8 Å². The van der Waals surface area contributed by atoms with Gasteiger partial charge in [-0.25, -0.2) is 9.59 Å². The van der Waals surface area contributed by atoms with Gasteiger partial charge in [-0.05, 0) is 40.2 Å². The monoisotopic (exact) mass is 337 g/mol. The maximum atomic E-state index is 12.0. The molecule has 0 aromatic heterocycles. The van der Waals surface area contributed by atoms with E-state index in [4.69, 9.17) is 14.6 Å². The lowest BCUT2D eigenvalue weighted by Crippen LogP contribution is -2.38. The smallest absolute Gasteiger partial charge is 0.336 e. The van der Waals surface area contributed by atoms with E-state index < -0.39 is 5.97 Å². The van der Waals surface area contributed by atoms with Crippen LogP contribution >= 0.6 is 0 Å². The molecule has 0 spiro atoms. The van der Waals surface area contributed by atoms with Crippen molar-refractivity contribution in [3.63, 3.8) is 0 Å². The molecule has 0 radical (unpaired) electrons. The topological polar surface area (TPSA) is 76.1 Å². The van der Waals surface area contributed by atoms with Crippen LogP contribution < -0.4 is 0 Å². The molecule has 2 heterocycles. The summed E-state index contributed by atoms with van der Waals surface area (Å²) in [5.41, 5.74) is 0.873. The van der Waals surface area contributed by atoms with E-state index in [0.717, 1.165) is 25.9 Å². The summed E-state index contributed by atoms with van der Waals surface area (Å²) in [5.74, 6) is -0.602. The average Bonchev–Trinajstić information content (AvgIpc) is 3.16. The van der Waals surface area contributed by atoms with Crippen molar-refractivity contribution in [3.05, 3.63) is 23.3 Å². The van der Waals surface area contributed by atoms with Crippen LogP contribution in [0.3, 0.4) is 0 Å². The van der Waals surface area contributed by atoms with Gasteiger partial charge in [0.05, 0.1) is 24.8 Å². The fourth-order valence-corrected chi connectivity index (χ4v) is 3.42. The molecule has 24 heavy (non-hydrogen) atoms. The summed E-state index contributed by atoms with van der Waals surface area (Å²) in [4.78, 5) is 26.2. The second-order valence-electron chi connectivity index (χ2n) is 6.35. The molecule has 2 aliphatic rings. The van der Waals surface area contributed by atoms with Crippen LogP contribution in [0.25, 0.3) is 0 Å². The van der Waals surface area contributed by atoms with Crippen LogP contribution in [0.5, 0.6) is 0 Å². The van der Waals surface area contributed by atoms with Gasteiger partial charge in [-0.15, -0.1) is 0 Å². The molecule has 3 atom stereocenters. The number of aliphatic hydroxyl groups is 1. The Morgan fingerprint density at radius 3 is 2.50 bits per heavy atom. The van der Waals surface area contributed by atoms with Gasteiger partial charge in [-0.1, -0.05) is 12.2 Å². The summed E-state index contributed by atoms with van der Waals surface area (Å²) in [5, 5.41) is 9.12. The average molecular weight is 337 g/mol. The molecule has 0 bridgehead atoms. The largest absolute Gasteiger partial charge is 0.462 e. The van der Waals surface area contributed by atoms with E-state index in [1.165, 1.54) is 0 Å². The summed E-state index contributed by atoms with van der Waals surface area (Å²) in [6, 6.07) is 0.106. The zero-order valence-corrected chi connectivity index (χ0v) is 14.7. The number of esters is 2. The molecule has 2 aliphatic heterocycles. The summed E-state index contributed by atoms with van der Waals surface area (Å²) in [6.45, 7) is 7.05. The molecule has 2 fully saturated rings. The number of carbonyl (C=O) groups excluding carboxylic acids is 2. The zero-order valence-electron chi connectivity index (χ0n) is 14.7. The Labute approximate surface area is 143 Å². The van der Waals surface area contributed by atoms with E-state index in [9.17, 15) is 9.59 Å². The number of rotatable bonds is 6. The lowest BCUT2D eigenvalue weighted by atomic mass is 9.97. The Kier molecular flexibility index (Phi) is 6.57. The Balaban J connectivity index is 1.95. The van der Waals surface area contributed by atoms with E-state index in [2.05, 4.69) is 4.90 Å². The first kappa shape index (κ1) is 18.7. The van der Waals surface area contributed by atoms with E-state index in [1.807, 2.05) is 6.92 Å². The highest BCUT2D eigenvalue weighted by Gasteiger charge is 2.46. The van der Waals surface area contributed by atoms with Crippen LogP contribution in [-0.4, -0.2) is 60.4 Å². The van der Waals surface area contributed by atoms with Crippen LogP contribution in [-0.2, 0) is 19.1 Å². The zero-order chi connectivity index (χ0) is 17.7. The van der Waals surface area contributed by atoms with Crippen LogP contribution in [0, 0.1) is 5.92 Å². The third-order valence-corrected chi connectivity index (χ3v) is 5.00. The summed E-state index contributed by atoms with van der Waals surface area (Å²) in [7, 11) is 0. The second kappa shape index (κ2) is 8.44. The van der Waals surface area contributed by atoms with Crippen molar-refractivity contribution in [1.29, 1.82) is 0 Å². The molecule has 134 valence electrons. The highest BCUT2D eigenvalue weighted by atomic mass is 16.5. The van der Waals surface area contributed by atoms with Crippen LogP contribution in [0.4, 0.5) is 0 Å². The lowest BCUT2D eigenvalue weighted by Gasteiger charge is -2.26. The quantitative estimate of drug-likeness (QED) is 0.584. The molecule has 2 rings (SSSR count). The molecule has 0 aromatic carbocycles. The van der Waals surface area contributed by atoms with Gasteiger partial charge in [0.25, 0.3) is 0 Å². The molecule has 1 unspecified atom stereocenters. The number of fused-ring (bicyclic) bond motifs is 1. The number of nitrogens with zero attached hydrogens (tertiary/aromatic N) is 1. The van der Waals surface area contributed by atoms with Crippen molar-refractivity contribution < 1.29 is 24.2 Å². The Morgan fingerprint density at radius 1 is 1.17 bits per heavy atom. The fourth-order valence-electron chi connectivity index (χ4n) is 3.42. The van der Waals surface area contributed by atoms with Crippen molar-refractivity contribution in [1.82, 2.24) is 4.90 Å². The Morgan fingerprint density at radius 2 is 1.88 bits per heavy atom. The predicted octanol–water partition coefficient (Wildman–Crippen LogP) is 1.44. The summed E-state index contributed by atoms with van der Waals surface area (Å²) >= 11 is 0. The normalized spacial score (nSPS) is 27.9. The second-order valence-corrected chi connectivity index (χ2v) is 6.35. The van der Waals surface area contributed by atoms with Gasteiger partial charge in [-0.3, -0.25) is 4.90 Å². The molecule has 0 aromatic rings. The number of hydrogen-bond acceptors (Lipinski definition) is 6. The maximum absolute atomic E-state index is 12.0. The minimum Gasteiger partial charge on any atom is -0.462 e. The van der Waals surface area contributed by atoms with E-state index >= 15 is 0 Å². The third kappa shape index (κ3) is 4.05. The number of carbonyl (C=O) groups is 2. The summed E-state index contributed by atoms with van der Waals surface area (Å²) in [6.07, 6.45) is 4.88. The van der Waals surface area contributed by atoms with Gasteiger partial charge < -0.3 is 14.6 Å². The SMILES string of the molecule is C/C=C(\C)C(=O)O[C@@H]1CCN2CC[C@H](COC(=O)/C(=C/C)CO)C12. The standard InChI is InChI=1S/C18H27NO5/c1-4-12(3)17(21)24-15-7-9-19-8-6-14(16(15)19)11-23-18(22)13(5-2)10-20/h4-5,14-16,20H,6-11H2,1-3H3/b12-4+,13-5+/t14-,15-,16?/m1/s1. The minimum absolute atomic E-state index is 0.106. The minimum atomic E-state index is -0.477. The van der Waals surface area contributed by atoms with Crippen LogP contribution in [0.15, 0.2) is 23.3 Å². The van der Waals surface area contributed by atoms with Gasteiger partial charge >= 0.3 is 11.9 Å². The Hall–Kier alpha value is -1.66. The highest BCUT2D eigenvalue weighted by Crippen LogP contribution is 2.35.